The summed E-state index contributed by atoms with van der Waals surface area (Å²) in [6, 6.07) is 6.29. The number of fused-ring (bicyclic) bond motifs is 1. The number of rotatable bonds is 2. The fourth-order valence-electron chi connectivity index (χ4n) is 2.34. The second kappa shape index (κ2) is 5.02. The Labute approximate surface area is 121 Å². The van der Waals surface area contributed by atoms with Crippen molar-refractivity contribution >= 4 is 23.2 Å². The molecule has 1 unspecified atom stereocenters. The van der Waals surface area contributed by atoms with Crippen LogP contribution in [-0.4, -0.2) is 28.1 Å². The van der Waals surface area contributed by atoms with E-state index in [1.807, 2.05) is 6.07 Å². The van der Waals surface area contributed by atoms with Crippen LogP contribution in [0.4, 0.5) is 11.4 Å². The molecule has 21 heavy (non-hydrogen) atoms. The van der Waals surface area contributed by atoms with Gasteiger partial charge >= 0.3 is 0 Å². The summed E-state index contributed by atoms with van der Waals surface area (Å²) in [4.78, 5) is 25.8. The Morgan fingerprint density at radius 1 is 1.43 bits per heavy atom. The fraction of sp³-hybridized carbons (Fsp3) is 0.214. The second-order valence-electron chi connectivity index (χ2n) is 4.91. The molecule has 1 atom stereocenters. The van der Waals surface area contributed by atoms with Crippen LogP contribution in [-0.2, 0) is 16.6 Å². The standard InChI is InChI=1S/C14H15N5O2/c1-18-7-9(6-16-18)13(15)14(21)19-8-12(20)17-10-4-2-3-5-11(10)19/h2-7,13H,8,15H2,1H3,(H,17,20). The zero-order valence-electron chi connectivity index (χ0n) is 11.5. The van der Waals surface area contributed by atoms with Crippen LogP contribution in [0, 0.1) is 0 Å². The van der Waals surface area contributed by atoms with Gasteiger partial charge in [0.1, 0.15) is 12.6 Å². The van der Waals surface area contributed by atoms with E-state index in [-0.39, 0.29) is 18.4 Å². The third-order valence-corrected chi connectivity index (χ3v) is 3.39. The molecule has 0 saturated heterocycles. The zero-order valence-corrected chi connectivity index (χ0v) is 11.5. The van der Waals surface area contributed by atoms with Crippen molar-refractivity contribution in [1.29, 1.82) is 0 Å². The summed E-state index contributed by atoms with van der Waals surface area (Å²) in [7, 11) is 1.75. The maximum Gasteiger partial charge on any atom is 0.249 e. The number of amides is 2. The number of nitrogens with two attached hydrogens (primary N) is 1. The van der Waals surface area contributed by atoms with E-state index in [4.69, 9.17) is 5.73 Å². The summed E-state index contributed by atoms with van der Waals surface area (Å²) in [6.07, 6.45) is 3.25. The summed E-state index contributed by atoms with van der Waals surface area (Å²) < 4.78 is 1.58. The van der Waals surface area contributed by atoms with E-state index in [1.54, 1.807) is 42.3 Å². The lowest BCUT2D eigenvalue weighted by Crippen LogP contribution is -2.46. The molecule has 0 aliphatic carbocycles. The molecule has 3 rings (SSSR count). The van der Waals surface area contributed by atoms with E-state index in [0.717, 1.165) is 0 Å². The fourth-order valence-corrected chi connectivity index (χ4v) is 2.34. The molecule has 3 N–H and O–H groups in total. The highest BCUT2D eigenvalue weighted by molar-refractivity contribution is 6.11. The van der Waals surface area contributed by atoms with Crippen LogP contribution >= 0.6 is 0 Å². The number of aromatic nitrogens is 2. The minimum Gasteiger partial charge on any atom is -0.323 e. The van der Waals surface area contributed by atoms with Crippen LogP contribution in [0.2, 0.25) is 0 Å². The lowest BCUT2D eigenvalue weighted by Gasteiger charge is -2.30. The van der Waals surface area contributed by atoms with Gasteiger partial charge in [0.2, 0.25) is 11.8 Å². The van der Waals surface area contributed by atoms with Crippen molar-refractivity contribution in [3.63, 3.8) is 0 Å². The van der Waals surface area contributed by atoms with Crippen molar-refractivity contribution in [2.24, 2.45) is 12.8 Å². The molecule has 7 heteroatoms. The number of carbonyl (C=O) groups is 2. The van der Waals surface area contributed by atoms with Gasteiger partial charge in [-0.25, -0.2) is 0 Å². The van der Waals surface area contributed by atoms with Crippen molar-refractivity contribution < 1.29 is 9.59 Å². The Bertz CT molecular complexity index is 709. The molecule has 2 amide bonds. The van der Waals surface area contributed by atoms with Crippen molar-refractivity contribution in [3.05, 3.63) is 42.2 Å². The summed E-state index contributed by atoms with van der Waals surface area (Å²) in [6.45, 7) is -0.0379. The monoisotopic (exact) mass is 285 g/mol. The number of benzene rings is 1. The molecule has 0 radical (unpaired) electrons. The predicted octanol–water partition coefficient (Wildman–Crippen LogP) is 0.405. The third-order valence-electron chi connectivity index (χ3n) is 3.39. The van der Waals surface area contributed by atoms with Crippen LogP contribution in [0.5, 0.6) is 0 Å². The average molecular weight is 285 g/mol. The van der Waals surface area contributed by atoms with Crippen LogP contribution in [0.25, 0.3) is 0 Å². The van der Waals surface area contributed by atoms with Gasteiger partial charge in [-0.05, 0) is 12.1 Å². The number of carbonyl (C=O) groups excluding carboxylic acids is 2. The molecule has 7 nitrogen and oxygen atoms in total. The lowest BCUT2D eigenvalue weighted by molar-refractivity contribution is -0.122. The SMILES string of the molecule is Cn1cc(C(N)C(=O)N2CC(=O)Nc3ccccc32)cn1. The smallest absolute Gasteiger partial charge is 0.249 e. The molecular formula is C14H15N5O2. The highest BCUT2D eigenvalue weighted by Gasteiger charge is 2.30. The maximum atomic E-state index is 12.6. The normalized spacial score (nSPS) is 15.3. The molecule has 0 spiro atoms. The van der Waals surface area contributed by atoms with E-state index in [1.165, 1.54) is 4.90 Å². The summed E-state index contributed by atoms with van der Waals surface area (Å²) in [5, 5.41) is 6.75. The largest absolute Gasteiger partial charge is 0.323 e. The van der Waals surface area contributed by atoms with Crippen LogP contribution in [0.1, 0.15) is 11.6 Å². The van der Waals surface area contributed by atoms with Crippen molar-refractivity contribution in [2.45, 2.75) is 6.04 Å². The topological polar surface area (TPSA) is 93.2 Å². The molecular weight excluding hydrogens is 270 g/mol. The van der Waals surface area contributed by atoms with Gasteiger partial charge < -0.3 is 11.1 Å². The maximum absolute atomic E-state index is 12.6. The number of para-hydroxylation sites is 2. The Kier molecular flexibility index (Phi) is 3.19. The highest BCUT2D eigenvalue weighted by Crippen LogP contribution is 2.30. The lowest BCUT2D eigenvalue weighted by atomic mass is 10.1. The third kappa shape index (κ3) is 2.38. The molecule has 0 bridgehead atoms. The Hall–Kier alpha value is -2.67. The zero-order chi connectivity index (χ0) is 15.0. The first-order valence-electron chi connectivity index (χ1n) is 6.50. The minimum atomic E-state index is -0.849. The molecule has 0 saturated carbocycles. The molecule has 2 heterocycles. The first-order chi connectivity index (χ1) is 10.1. The van der Waals surface area contributed by atoms with Crippen LogP contribution in [0.15, 0.2) is 36.7 Å². The molecule has 1 aromatic carbocycles. The van der Waals surface area contributed by atoms with Crippen LogP contribution < -0.4 is 16.0 Å². The van der Waals surface area contributed by atoms with Gasteiger partial charge in [-0.3, -0.25) is 19.2 Å². The van der Waals surface area contributed by atoms with Gasteiger partial charge in [-0.2, -0.15) is 5.10 Å². The Morgan fingerprint density at radius 3 is 2.90 bits per heavy atom. The van der Waals surface area contributed by atoms with E-state index >= 15 is 0 Å². The second-order valence-corrected chi connectivity index (χ2v) is 4.91. The molecule has 2 aromatic rings. The Morgan fingerprint density at radius 2 is 2.19 bits per heavy atom. The summed E-state index contributed by atoms with van der Waals surface area (Å²) in [5.74, 6) is -0.564. The van der Waals surface area contributed by atoms with Gasteiger partial charge in [0.05, 0.1) is 17.6 Å². The average Bonchev–Trinajstić information content (AvgIpc) is 2.91. The first-order valence-corrected chi connectivity index (χ1v) is 6.50. The number of hydrogen-bond donors (Lipinski definition) is 2. The molecule has 1 aromatic heterocycles. The van der Waals surface area contributed by atoms with Crippen molar-refractivity contribution in [1.82, 2.24) is 9.78 Å². The molecule has 1 aliphatic rings. The quantitative estimate of drug-likeness (QED) is 0.835. The highest BCUT2D eigenvalue weighted by atomic mass is 16.2. The summed E-state index contributed by atoms with van der Waals surface area (Å²) >= 11 is 0. The molecule has 108 valence electrons. The number of aryl methyl sites for hydroxylation is 1. The Balaban J connectivity index is 1.93. The van der Waals surface area contributed by atoms with Gasteiger partial charge in [0, 0.05) is 18.8 Å². The molecule has 1 aliphatic heterocycles. The number of hydrogen-bond acceptors (Lipinski definition) is 4. The van der Waals surface area contributed by atoms with Crippen molar-refractivity contribution in [2.75, 3.05) is 16.8 Å². The van der Waals surface area contributed by atoms with Crippen molar-refractivity contribution in [3.8, 4) is 0 Å². The number of nitrogens with one attached hydrogen (secondary N) is 1. The minimum absolute atomic E-state index is 0.0379. The van der Waals surface area contributed by atoms with E-state index in [0.29, 0.717) is 16.9 Å². The predicted molar refractivity (Wildman–Crippen MR) is 77.6 cm³/mol. The van der Waals surface area contributed by atoms with Gasteiger partial charge in [0.25, 0.3) is 0 Å². The van der Waals surface area contributed by atoms with E-state index < -0.39 is 6.04 Å². The van der Waals surface area contributed by atoms with Gasteiger partial charge in [-0.1, -0.05) is 12.1 Å². The molecule has 0 fully saturated rings. The number of anilines is 2. The van der Waals surface area contributed by atoms with E-state index in [9.17, 15) is 9.59 Å². The van der Waals surface area contributed by atoms with Gasteiger partial charge in [0.15, 0.2) is 0 Å². The van der Waals surface area contributed by atoms with E-state index in [2.05, 4.69) is 10.4 Å². The van der Waals surface area contributed by atoms with Crippen LogP contribution in [0.3, 0.4) is 0 Å². The first kappa shape index (κ1) is 13.3. The summed E-state index contributed by atoms with van der Waals surface area (Å²) in [5.41, 5.74) is 7.89. The number of nitrogens with zero attached hydrogens (tertiary/aromatic N) is 3. The van der Waals surface area contributed by atoms with Gasteiger partial charge in [-0.15, -0.1) is 0 Å².